The molecule has 0 spiro atoms. The van der Waals surface area contributed by atoms with Crippen LogP contribution in [0.1, 0.15) is 10.4 Å². The first kappa shape index (κ1) is 13.8. The lowest BCUT2D eigenvalue weighted by atomic mass is 10.2. The second-order valence-electron chi connectivity index (χ2n) is 3.79. The smallest absolute Gasteiger partial charge is 0.259 e. The van der Waals surface area contributed by atoms with E-state index in [9.17, 15) is 9.18 Å². The molecule has 0 bridgehead atoms. The summed E-state index contributed by atoms with van der Waals surface area (Å²) in [4.78, 5) is 12.0. The molecule has 3 nitrogen and oxygen atoms in total. The Bertz CT molecular complexity index is 628. The second kappa shape index (κ2) is 5.59. The number of rotatable bonds is 2. The van der Waals surface area contributed by atoms with Gasteiger partial charge in [-0.05, 0) is 46.3 Å². The van der Waals surface area contributed by atoms with Crippen LogP contribution in [-0.4, -0.2) is 5.91 Å². The molecule has 0 aliphatic heterocycles. The molecule has 0 heterocycles. The largest absolute Gasteiger partial charge is 0.399 e. The number of hydrogen-bond donors (Lipinski definition) is 2. The standard InChI is InChI=1S/C13H9BrClFN2O/c14-8-2-1-3-10(16)12(8)13(19)18-11-5-4-7(17)6-9(11)15/h1-6H,17H2,(H,18,19). The molecule has 0 radical (unpaired) electrons. The average Bonchev–Trinajstić information content (AvgIpc) is 2.32. The summed E-state index contributed by atoms with van der Waals surface area (Å²) in [5.74, 6) is -1.20. The van der Waals surface area contributed by atoms with Crippen molar-refractivity contribution in [1.82, 2.24) is 0 Å². The molecule has 0 fully saturated rings. The van der Waals surface area contributed by atoms with Crippen molar-refractivity contribution in [3.05, 3.63) is 57.3 Å². The monoisotopic (exact) mass is 342 g/mol. The molecule has 2 aromatic carbocycles. The van der Waals surface area contributed by atoms with Crippen LogP contribution < -0.4 is 11.1 Å². The first-order valence-electron chi connectivity index (χ1n) is 5.29. The van der Waals surface area contributed by atoms with Crippen molar-refractivity contribution in [1.29, 1.82) is 0 Å². The van der Waals surface area contributed by atoms with Crippen LogP contribution in [-0.2, 0) is 0 Å². The zero-order chi connectivity index (χ0) is 14.0. The highest BCUT2D eigenvalue weighted by Gasteiger charge is 2.16. The number of halogens is 3. The van der Waals surface area contributed by atoms with E-state index in [2.05, 4.69) is 21.2 Å². The summed E-state index contributed by atoms with van der Waals surface area (Å²) in [6.07, 6.45) is 0. The molecule has 2 rings (SSSR count). The Kier molecular flexibility index (Phi) is 4.07. The SMILES string of the molecule is Nc1ccc(NC(=O)c2c(F)cccc2Br)c(Cl)c1. The number of carbonyl (C=O) groups excluding carboxylic acids is 1. The van der Waals surface area contributed by atoms with Crippen molar-refractivity contribution in [2.75, 3.05) is 11.1 Å². The molecular formula is C13H9BrClFN2O. The molecule has 0 aliphatic carbocycles. The van der Waals surface area contributed by atoms with Crippen molar-refractivity contribution in [2.45, 2.75) is 0 Å². The Morgan fingerprint density at radius 3 is 2.68 bits per heavy atom. The molecule has 1 amide bonds. The average molecular weight is 344 g/mol. The van der Waals surface area contributed by atoms with Gasteiger partial charge in [0.05, 0.1) is 16.3 Å². The van der Waals surface area contributed by atoms with Gasteiger partial charge in [0.1, 0.15) is 5.82 Å². The minimum absolute atomic E-state index is 0.0737. The molecule has 0 aromatic heterocycles. The minimum atomic E-state index is -0.613. The van der Waals surface area contributed by atoms with Crippen molar-refractivity contribution in [2.24, 2.45) is 0 Å². The Labute approximate surface area is 122 Å². The number of nitrogens with one attached hydrogen (secondary N) is 1. The lowest BCUT2D eigenvalue weighted by Crippen LogP contribution is -2.14. The molecule has 6 heteroatoms. The molecule has 98 valence electrons. The van der Waals surface area contributed by atoms with Gasteiger partial charge in [-0.1, -0.05) is 17.7 Å². The van der Waals surface area contributed by atoms with Crippen LogP contribution in [0.3, 0.4) is 0 Å². The topological polar surface area (TPSA) is 55.1 Å². The van der Waals surface area contributed by atoms with E-state index < -0.39 is 11.7 Å². The van der Waals surface area contributed by atoms with Crippen LogP contribution in [0.15, 0.2) is 40.9 Å². The van der Waals surface area contributed by atoms with Crippen molar-refractivity contribution < 1.29 is 9.18 Å². The zero-order valence-electron chi connectivity index (χ0n) is 9.58. The van der Waals surface area contributed by atoms with Gasteiger partial charge in [0.2, 0.25) is 0 Å². The number of amides is 1. The molecule has 0 atom stereocenters. The second-order valence-corrected chi connectivity index (χ2v) is 5.05. The van der Waals surface area contributed by atoms with E-state index >= 15 is 0 Å². The zero-order valence-corrected chi connectivity index (χ0v) is 11.9. The van der Waals surface area contributed by atoms with Crippen molar-refractivity contribution in [3.63, 3.8) is 0 Å². The fourth-order valence-corrected chi connectivity index (χ4v) is 2.29. The summed E-state index contributed by atoms with van der Waals surface area (Å²) < 4.78 is 14.0. The highest BCUT2D eigenvalue weighted by molar-refractivity contribution is 9.10. The highest BCUT2D eigenvalue weighted by atomic mass is 79.9. The van der Waals surface area contributed by atoms with E-state index in [1.165, 1.54) is 18.2 Å². The molecule has 19 heavy (non-hydrogen) atoms. The Morgan fingerprint density at radius 1 is 1.32 bits per heavy atom. The van der Waals surface area contributed by atoms with Gasteiger partial charge in [-0.3, -0.25) is 4.79 Å². The van der Waals surface area contributed by atoms with Gasteiger partial charge in [-0.2, -0.15) is 0 Å². The highest BCUT2D eigenvalue weighted by Crippen LogP contribution is 2.26. The fourth-order valence-electron chi connectivity index (χ4n) is 1.53. The summed E-state index contributed by atoms with van der Waals surface area (Å²) >= 11 is 9.08. The van der Waals surface area contributed by atoms with Gasteiger partial charge in [-0.15, -0.1) is 0 Å². The van der Waals surface area contributed by atoms with Gasteiger partial charge in [0.15, 0.2) is 0 Å². The van der Waals surface area contributed by atoms with Crippen LogP contribution in [0.2, 0.25) is 5.02 Å². The van der Waals surface area contributed by atoms with E-state index in [1.807, 2.05) is 0 Å². The number of anilines is 2. The van der Waals surface area contributed by atoms with E-state index in [4.69, 9.17) is 17.3 Å². The molecule has 0 saturated heterocycles. The number of carbonyl (C=O) groups is 1. The van der Waals surface area contributed by atoms with Gasteiger partial charge in [0, 0.05) is 10.2 Å². The maximum atomic E-state index is 13.6. The first-order valence-corrected chi connectivity index (χ1v) is 6.46. The van der Waals surface area contributed by atoms with Crippen molar-refractivity contribution >= 4 is 44.8 Å². The summed E-state index contributed by atoms with van der Waals surface area (Å²) in [5.41, 5.74) is 6.33. The van der Waals surface area contributed by atoms with Crippen LogP contribution in [0.5, 0.6) is 0 Å². The number of benzene rings is 2. The maximum absolute atomic E-state index is 13.6. The van der Waals surface area contributed by atoms with Crippen LogP contribution in [0.4, 0.5) is 15.8 Å². The molecular weight excluding hydrogens is 335 g/mol. The Balaban J connectivity index is 2.31. The van der Waals surface area contributed by atoms with Gasteiger partial charge in [-0.25, -0.2) is 4.39 Å². The third kappa shape index (κ3) is 3.05. The van der Waals surface area contributed by atoms with E-state index in [0.717, 1.165) is 0 Å². The molecule has 3 N–H and O–H groups in total. The fraction of sp³-hybridized carbons (Fsp3) is 0. The van der Waals surface area contributed by atoms with Crippen LogP contribution in [0, 0.1) is 5.82 Å². The van der Waals surface area contributed by atoms with Gasteiger partial charge >= 0.3 is 0 Å². The summed E-state index contributed by atoms with van der Waals surface area (Å²) in [7, 11) is 0. The lowest BCUT2D eigenvalue weighted by molar-refractivity contribution is 0.102. The molecule has 0 saturated carbocycles. The van der Waals surface area contributed by atoms with Crippen LogP contribution >= 0.6 is 27.5 Å². The summed E-state index contributed by atoms with van der Waals surface area (Å²) in [5, 5.41) is 2.83. The van der Waals surface area contributed by atoms with Crippen LogP contribution in [0.25, 0.3) is 0 Å². The minimum Gasteiger partial charge on any atom is -0.399 e. The summed E-state index contributed by atoms with van der Waals surface area (Å²) in [6, 6.07) is 8.97. The first-order chi connectivity index (χ1) is 8.99. The van der Waals surface area contributed by atoms with E-state index in [-0.39, 0.29) is 5.56 Å². The number of nitrogen functional groups attached to an aromatic ring is 1. The summed E-state index contributed by atoms with van der Waals surface area (Å²) in [6.45, 7) is 0. The number of nitrogens with two attached hydrogens (primary N) is 1. The van der Waals surface area contributed by atoms with E-state index in [0.29, 0.717) is 20.9 Å². The lowest BCUT2D eigenvalue weighted by Gasteiger charge is -2.09. The quantitative estimate of drug-likeness (QED) is 0.807. The normalized spacial score (nSPS) is 10.3. The third-order valence-electron chi connectivity index (χ3n) is 2.43. The van der Waals surface area contributed by atoms with E-state index in [1.54, 1.807) is 18.2 Å². The number of hydrogen-bond acceptors (Lipinski definition) is 2. The van der Waals surface area contributed by atoms with Crippen molar-refractivity contribution in [3.8, 4) is 0 Å². The molecule has 0 unspecified atom stereocenters. The predicted molar refractivity (Wildman–Crippen MR) is 77.9 cm³/mol. The maximum Gasteiger partial charge on any atom is 0.259 e. The third-order valence-corrected chi connectivity index (χ3v) is 3.40. The molecule has 0 aliphatic rings. The van der Waals surface area contributed by atoms with Gasteiger partial charge in [0.25, 0.3) is 5.91 Å². The Hall–Kier alpha value is -1.59. The Morgan fingerprint density at radius 2 is 2.05 bits per heavy atom. The van der Waals surface area contributed by atoms with Gasteiger partial charge < -0.3 is 11.1 Å². The molecule has 2 aromatic rings. The predicted octanol–water partition coefficient (Wildman–Crippen LogP) is 4.08.